The van der Waals surface area contributed by atoms with E-state index in [1.807, 2.05) is 33.0 Å². The van der Waals surface area contributed by atoms with E-state index in [0.29, 0.717) is 0 Å². The Kier molecular flexibility index (Phi) is 3.55. The Morgan fingerprint density at radius 3 is 2.71 bits per heavy atom. The second-order valence-corrected chi connectivity index (χ2v) is 4.55. The molecule has 0 unspecified atom stereocenters. The molecule has 3 heteroatoms. The summed E-state index contributed by atoms with van der Waals surface area (Å²) >= 11 is 0. The number of hydrogen-bond donors (Lipinski definition) is 0. The van der Waals surface area contributed by atoms with Crippen molar-refractivity contribution in [2.75, 3.05) is 6.54 Å². The number of amides is 1. The highest BCUT2D eigenvalue weighted by atomic mass is 16.6. The van der Waals surface area contributed by atoms with Gasteiger partial charge in [0.15, 0.2) is 0 Å². The molecule has 0 N–H and O–H groups in total. The Balaban J connectivity index is 2.50. The number of nitrogens with zero attached hydrogens (tertiary/aromatic N) is 1. The van der Waals surface area contributed by atoms with E-state index >= 15 is 0 Å². The Bertz CT molecular complexity index is 228. The lowest BCUT2D eigenvalue weighted by molar-refractivity contribution is 0.0336. The van der Waals surface area contributed by atoms with Crippen LogP contribution in [0.15, 0.2) is 12.3 Å². The Hall–Kier alpha value is -0.990. The molecular weight excluding hydrogens is 178 g/mol. The highest BCUT2D eigenvalue weighted by Gasteiger charge is 2.20. The van der Waals surface area contributed by atoms with Crippen LogP contribution in [0.3, 0.4) is 0 Å². The minimum absolute atomic E-state index is 0.240. The zero-order valence-corrected chi connectivity index (χ0v) is 9.25. The SMILES string of the molecule is CC(C)(C)OC(=O)N1C=CCCCC1. The van der Waals surface area contributed by atoms with Crippen LogP contribution in [0.5, 0.6) is 0 Å². The van der Waals surface area contributed by atoms with E-state index in [4.69, 9.17) is 4.74 Å². The lowest BCUT2D eigenvalue weighted by atomic mass is 10.2. The molecule has 0 spiro atoms. The van der Waals surface area contributed by atoms with Gasteiger partial charge in [0.1, 0.15) is 5.60 Å². The minimum Gasteiger partial charge on any atom is -0.443 e. The van der Waals surface area contributed by atoms with Gasteiger partial charge in [-0.25, -0.2) is 4.79 Å². The molecule has 1 aliphatic heterocycles. The molecular formula is C11H19NO2. The summed E-state index contributed by atoms with van der Waals surface area (Å²) in [5.74, 6) is 0. The fourth-order valence-corrected chi connectivity index (χ4v) is 1.29. The van der Waals surface area contributed by atoms with Gasteiger partial charge in [0.25, 0.3) is 0 Å². The van der Waals surface area contributed by atoms with E-state index in [1.54, 1.807) is 4.90 Å². The van der Waals surface area contributed by atoms with Crippen molar-refractivity contribution in [1.29, 1.82) is 0 Å². The number of ether oxygens (including phenoxy) is 1. The first-order valence-corrected chi connectivity index (χ1v) is 5.15. The van der Waals surface area contributed by atoms with Crippen LogP contribution in [-0.2, 0) is 4.74 Å². The molecule has 1 aliphatic rings. The molecule has 0 aromatic rings. The van der Waals surface area contributed by atoms with Crippen molar-refractivity contribution < 1.29 is 9.53 Å². The molecule has 80 valence electrons. The summed E-state index contributed by atoms with van der Waals surface area (Å²) in [5, 5.41) is 0. The van der Waals surface area contributed by atoms with Crippen LogP contribution >= 0.6 is 0 Å². The molecule has 1 rings (SSSR count). The first-order chi connectivity index (χ1) is 6.49. The van der Waals surface area contributed by atoms with Gasteiger partial charge < -0.3 is 4.74 Å². The van der Waals surface area contributed by atoms with Crippen molar-refractivity contribution in [2.24, 2.45) is 0 Å². The van der Waals surface area contributed by atoms with Gasteiger partial charge in [0, 0.05) is 12.7 Å². The topological polar surface area (TPSA) is 29.5 Å². The first kappa shape index (κ1) is 11.1. The van der Waals surface area contributed by atoms with Crippen LogP contribution in [0.25, 0.3) is 0 Å². The second-order valence-electron chi connectivity index (χ2n) is 4.55. The van der Waals surface area contributed by atoms with Crippen molar-refractivity contribution in [3.8, 4) is 0 Å². The first-order valence-electron chi connectivity index (χ1n) is 5.15. The number of rotatable bonds is 0. The predicted octanol–water partition coefficient (Wildman–Crippen LogP) is 2.92. The zero-order chi connectivity index (χ0) is 10.6. The summed E-state index contributed by atoms with van der Waals surface area (Å²) in [4.78, 5) is 13.3. The highest BCUT2D eigenvalue weighted by Crippen LogP contribution is 2.13. The summed E-state index contributed by atoms with van der Waals surface area (Å²) < 4.78 is 5.27. The number of allylic oxidation sites excluding steroid dienone is 1. The van der Waals surface area contributed by atoms with Crippen molar-refractivity contribution in [1.82, 2.24) is 4.90 Å². The monoisotopic (exact) mass is 197 g/mol. The van der Waals surface area contributed by atoms with E-state index < -0.39 is 5.60 Å². The average Bonchev–Trinajstić information content (AvgIpc) is 2.27. The largest absolute Gasteiger partial charge is 0.443 e. The summed E-state index contributed by atoms with van der Waals surface area (Å²) in [6.45, 7) is 6.41. The van der Waals surface area contributed by atoms with Gasteiger partial charge in [0.05, 0.1) is 0 Å². The lowest BCUT2D eigenvalue weighted by Gasteiger charge is -2.24. The zero-order valence-electron chi connectivity index (χ0n) is 9.25. The third kappa shape index (κ3) is 3.81. The Morgan fingerprint density at radius 1 is 1.36 bits per heavy atom. The summed E-state index contributed by atoms with van der Waals surface area (Å²) in [6, 6.07) is 0. The molecule has 0 atom stereocenters. The van der Waals surface area contributed by atoms with Gasteiger partial charge in [-0.15, -0.1) is 0 Å². The quantitative estimate of drug-likeness (QED) is 0.597. The fraction of sp³-hybridized carbons (Fsp3) is 0.727. The molecule has 0 aliphatic carbocycles. The summed E-state index contributed by atoms with van der Waals surface area (Å²) in [7, 11) is 0. The highest BCUT2D eigenvalue weighted by molar-refractivity contribution is 5.69. The minimum atomic E-state index is -0.406. The maximum absolute atomic E-state index is 11.6. The van der Waals surface area contributed by atoms with Gasteiger partial charge in [-0.2, -0.15) is 0 Å². The normalized spacial score (nSPS) is 17.8. The molecule has 0 radical (unpaired) electrons. The van der Waals surface area contributed by atoms with E-state index in [1.165, 1.54) is 0 Å². The molecule has 0 fully saturated rings. The van der Waals surface area contributed by atoms with Crippen molar-refractivity contribution >= 4 is 6.09 Å². The lowest BCUT2D eigenvalue weighted by Crippen LogP contribution is -2.33. The van der Waals surface area contributed by atoms with Crippen molar-refractivity contribution in [2.45, 2.75) is 45.6 Å². The standard InChI is InChI=1S/C11H19NO2/c1-11(2,3)14-10(13)12-8-6-4-5-7-9-12/h6,8H,4-5,7,9H2,1-3H3. The maximum Gasteiger partial charge on any atom is 0.414 e. The van der Waals surface area contributed by atoms with Gasteiger partial charge in [-0.1, -0.05) is 6.08 Å². The van der Waals surface area contributed by atoms with E-state index in [2.05, 4.69) is 0 Å². The van der Waals surface area contributed by atoms with E-state index in [0.717, 1.165) is 25.8 Å². The number of carbonyl (C=O) groups is 1. The third-order valence-electron chi connectivity index (χ3n) is 1.93. The summed E-state index contributed by atoms with van der Waals surface area (Å²) in [5.41, 5.74) is -0.406. The molecule has 14 heavy (non-hydrogen) atoms. The molecule has 0 saturated heterocycles. The van der Waals surface area contributed by atoms with Crippen molar-refractivity contribution in [3.63, 3.8) is 0 Å². The molecule has 0 aromatic heterocycles. The third-order valence-corrected chi connectivity index (χ3v) is 1.93. The van der Waals surface area contributed by atoms with E-state index in [9.17, 15) is 4.79 Å². The van der Waals surface area contributed by atoms with Gasteiger partial charge in [-0.05, 0) is 40.0 Å². The molecule has 1 heterocycles. The van der Waals surface area contributed by atoms with Crippen LogP contribution in [0.1, 0.15) is 40.0 Å². The second kappa shape index (κ2) is 4.49. The van der Waals surface area contributed by atoms with Gasteiger partial charge >= 0.3 is 6.09 Å². The maximum atomic E-state index is 11.6. The van der Waals surface area contributed by atoms with Crippen LogP contribution < -0.4 is 0 Å². The smallest absolute Gasteiger partial charge is 0.414 e. The predicted molar refractivity (Wildman–Crippen MR) is 55.9 cm³/mol. The molecule has 3 nitrogen and oxygen atoms in total. The Labute approximate surface area is 85.7 Å². The van der Waals surface area contributed by atoms with Crippen LogP contribution in [0.2, 0.25) is 0 Å². The van der Waals surface area contributed by atoms with E-state index in [-0.39, 0.29) is 6.09 Å². The molecule has 0 saturated carbocycles. The number of hydrogen-bond acceptors (Lipinski definition) is 2. The van der Waals surface area contributed by atoms with Crippen molar-refractivity contribution in [3.05, 3.63) is 12.3 Å². The Morgan fingerprint density at radius 2 is 2.07 bits per heavy atom. The number of carbonyl (C=O) groups excluding carboxylic acids is 1. The molecule has 0 aromatic carbocycles. The van der Waals surface area contributed by atoms with Crippen LogP contribution in [0, 0.1) is 0 Å². The van der Waals surface area contributed by atoms with Gasteiger partial charge in [-0.3, -0.25) is 4.90 Å². The molecule has 0 bridgehead atoms. The van der Waals surface area contributed by atoms with Crippen LogP contribution in [-0.4, -0.2) is 23.1 Å². The molecule has 1 amide bonds. The van der Waals surface area contributed by atoms with Gasteiger partial charge in [0.2, 0.25) is 0 Å². The van der Waals surface area contributed by atoms with Crippen LogP contribution in [0.4, 0.5) is 4.79 Å². The average molecular weight is 197 g/mol. The fourth-order valence-electron chi connectivity index (χ4n) is 1.29. The summed E-state index contributed by atoms with van der Waals surface area (Å²) in [6.07, 6.45) is 6.87.